The van der Waals surface area contributed by atoms with E-state index in [2.05, 4.69) is 45.2 Å². The zero-order valence-corrected chi connectivity index (χ0v) is 14.7. The number of para-hydroxylation sites is 1. The summed E-state index contributed by atoms with van der Waals surface area (Å²) in [6.45, 7) is 12.0. The van der Waals surface area contributed by atoms with Crippen LogP contribution in [0.4, 0.5) is 0 Å². The monoisotopic (exact) mass is 323 g/mol. The van der Waals surface area contributed by atoms with Gasteiger partial charge in [-0.25, -0.2) is 0 Å². The van der Waals surface area contributed by atoms with Gasteiger partial charge in [-0.1, -0.05) is 30.7 Å². The van der Waals surface area contributed by atoms with Crippen molar-refractivity contribution in [3.05, 3.63) is 48.2 Å². The minimum absolute atomic E-state index is 0.993. The average molecular weight is 323 g/mol. The van der Waals surface area contributed by atoms with E-state index in [1.807, 2.05) is 6.08 Å². The fraction of sp³-hybridized carbons (Fsp3) is 0.524. The Labute approximate surface area is 145 Å². The van der Waals surface area contributed by atoms with Crippen molar-refractivity contribution in [1.29, 1.82) is 0 Å². The number of likely N-dealkylation sites (tertiary alicyclic amines) is 1. The number of hydrogen-bond donors (Lipinski definition) is 0. The van der Waals surface area contributed by atoms with Crippen LogP contribution < -0.4 is 0 Å². The topological polar surface area (TPSA) is 11.4 Å². The third-order valence-electron chi connectivity index (χ3n) is 5.72. The Bertz CT molecular complexity index is 709. The molecule has 0 spiro atoms. The van der Waals surface area contributed by atoms with Gasteiger partial charge in [-0.2, -0.15) is 0 Å². The molecule has 0 amide bonds. The molecule has 128 valence electrons. The fourth-order valence-electron chi connectivity index (χ4n) is 4.48. The summed E-state index contributed by atoms with van der Waals surface area (Å²) in [5.74, 6) is 0. The zero-order chi connectivity index (χ0) is 16.4. The molecule has 0 radical (unpaired) electrons. The SMILES string of the molecule is C=CCN1CCc2c(c3ccccc3n2CCN2CCCCC2)C1. The minimum atomic E-state index is 0.993. The van der Waals surface area contributed by atoms with Crippen molar-refractivity contribution in [1.82, 2.24) is 14.4 Å². The lowest BCUT2D eigenvalue weighted by Gasteiger charge is -2.29. The highest BCUT2D eigenvalue weighted by Crippen LogP contribution is 2.31. The quantitative estimate of drug-likeness (QED) is 0.778. The molecule has 2 aromatic rings. The van der Waals surface area contributed by atoms with Crippen LogP contribution in [0.5, 0.6) is 0 Å². The minimum Gasteiger partial charge on any atom is -0.343 e. The highest BCUT2D eigenvalue weighted by molar-refractivity contribution is 5.85. The first-order valence-corrected chi connectivity index (χ1v) is 9.51. The summed E-state index contributed by atoms with van der Waals surface area (Å²) in [4.78, 5) is 5.16. The van der Waals surface area contributed by atoms with E-state index in [1.165, 1.54) is 49.8 Å². The molecule has 1 saturated heterocycles. The molecule has 3 heterocycles. The van der Waals surface area contributed by atoms with Crippen molar-refractivity contribution in [2.75, 3.05) is 32.7 Å². The summed E-state index contributed by atoms with van der Waals surface area (Å²) < 4.78 is 2.62. The van der Waals surface area contributed by atoms with Gasteiger partial charge in [-0.05, 0) is 37.6 Å². The molecule has 2 aliphatic rings. The largest absolute Gasteiger partial charge is 0.343 e. The summed E-state index contributed by atoms with van der Waals surface area (Å²) in [5, 5.41) is 1.46. The molecule has 0 bridgehead atoms. The fourth-order valence-corrected chi connectivity index (χ4v) is 4.48. The van der Waals surface area contributed by atoms with Crippen LogP contribution in [0.3, 0.4) is 0 Å². The van der Waals surface area contributed by atoms with E-state index in [0.29, 0.717) is 0 Å². The third kappa shape index (κ3) is 3.03. The average Bonchev–Trinajstić information content (AvgIpc) is 2.95. The van der Waals surface area contributed by atoms with Gasteiger partial charge in [0.25, 0.3) is 0 Å². The first kappa shape index (κ1) is 15.9. The maximum Gasteiger partial charge on any atom is 0.0486 e. The molecule has 1 aromatic carbocycles. The third-order valence-corrected chi connectivity index (χ3v) is 5.72. The van der Waals surface area contributed by atoms with Crippen molar-refractivity contribution in [2.24, 2.45) is 0 Å². The van der Waals surface area contributed by atoms with Crippen LogP contribution in [-0.2, 0) is 19.5 Å². The second-order valence-corrected chi connectivity index (χ2v) is 7.27. The molecule has 2 aliphatic heterocycles. The standard InChI is InChI=1S/C21H29N3/c1-2-11-23-14-10-21-19(17-23)18-8-4-5-9-20(18)24(21)16-15-22-12-6-3-7-13-22/h2,4-5,8-9H,1,3,6-7,10-17H2. The highest BCUT2D eigenvalue weighted by Gasteiger charge is 2.23. The van der Waals surface area contributed by atoms with E-state index in [4.69, 9.17) is 0 Å². The lowest BCUT2D eigenvalue weighted by molar-refractivity contribution is 0.219. The molecular weight excluding hydrogens is 294 g/mol. The highest BCUT2D eigenvalue weighted by atomic mass is 15.2. The lowest BCUT2D eigenvalue weighted by atomic mass is 10.0. The first-order chi connectivity index (χ1) is 11.9. The van der Waals surface area contributed by atoms with Crippen LogP contribution in [0.1, 0.15) is 30.5 Å². The van der Waals surface area contributed by atoms with Crippen LogP contribution in [0.2, 0.25) is 0 Å². The van der Waals surface area contributed by atoms with Gasteiger partial charge in [0.05, 0.1) is 0 Å². The summed E-state index contributed by atoms with van der Waals surface area (Å²) >= 11 is 0. The maximum atomic E-state index is 3.91. The number of fused-ring (bicyclic) bond motifs is 3. The van der Waals surface area contributed by atoms with Crippen molar-refractivity contribution in [2.45, 2.75) is 38.8 Å². The molecule has 0 aliphatic carbocycles. The summed E-state index contributed by atoms with van der Waals surface area (Å²) in [6.07, 6.45) is 7.36. The molecule has 24 heavy (non-hydrogen) atoms. The Hall–Kier alpha value is -1.58. The van der Waals surface area contributed by atoms with E-state index < -0.39 is 0 Å². The van der Waals surface area contributed by atoms with Crippen molar-refractivity contribution in [3.63, 3.8) is 0 Å². The van der Waals surface area contributed by atoms with Crippen LogP contribution in [-0.4, -0.2) is 47.1 Å². The predicted octanol–water partition coefficient (Wildman–Crippen LogP) is 3.67. The number of nitrogens with zero attached hydrogens (tertiary/aromatic N) is 3. The Morgan fingerprint density at radius 1 is 0.958 bits per heavy atom. The van der Waals surface area contributed by atoms with E-state index >= 15 is 0 Å². The molecule has 0 N–H and O–H groups in total. The molecule has 0 atom stereocenters. The molecule has 1 fully saturated rings. The lowest BCUT2D eigenvalue weighted by Crippen LogP contribution is -2.34. The van der Waals surface area contributed by atoms with Gasteiger partial charge in [-0.15, -0.1) is 6.58 Å². The van der Waals surface area contributed by atoms with E-state index in [0.717, 1.165) is 32.6 Å². The van der Waals surface area contributed by atoms with Crippen molar-refractivity contribution < 1.29 is 0 Å². The van der Waals surface area contributed by atoms with Gasteiger partial charge in [0.1, 0.15) is 0 Å². The number of benzene rings is 1. The zero-order valence-electron chi connectivity index (χ0n) is 14.7. The maximum absolute atomic E-state index is 3.91. The molecular formula is C21H29N3. The molecule has 3 heteroatoms. The van der Waals surface area contributed by atoms with Crippen LogP contribution in [0.15, 0.2) is 36.9 Å². The Morgan fingerprint density at radius 2 is 1.79 bits per heavy atom. The predicted molar refractivity (Wildman–Crippen MR) is 101 cm³/mol. The summed E-state index contributed by atoms with van der Waals surface area (Å²) in [6, 6.07) is 8.99. The van der Waals surface area contributed by atoms with Crippen molar-refractivity contribution in [3.8, 4) is 0 Å². The Balaban J connectivity index is 1.61. The number of piperidine rings is 1. The van der Waals surface area contributed by atoms with Crippen molar-refractivity contribution >= 4 is 10.9 Å². The van der Waals surface area contributed by atoms with E-state index in [-0.39, 0.29) is 0 Å². The molecule has 3 nitrogen and oxygen atoms in total. The van der Waals surface area contributed by atoms with Gasteiger partial charge in [0.2, 0.25) is 0 Å². The van der Waals surface area contributed by atoms with Crippen LogP contribution in [0.25, 0.3) is 10.9 Å². The first-order valence-electron chi connectivity index (χ1n) is 9.51. The summed E-state index contributed by atoms with van der Waals surface area (Å²) in [7, 11) is 0. The van der Waals surface area contributed by atoms with E-state index in [9.17, 15) is 0 Å². The van der Waals surface area contributed by atoms with Gasteiger partial charge in [0, 0.05) is 55.7 Å². The molecule has 0 unspecified atom stereocenters. The van der Waals surface area contributed by atoms with E-state index in [1.54, 1.807) is 11.3 Å². The number of hydrogen-bond acceptors (Lipinski definition) is 2. The Kier molecular flexibility index (Phi) is 4.72. The second kappa shape index (κ2) is 7.12. The van der Waals surface area contributed by atoms with Crippen LogP contribution >= 0.6 is 0 Å². The second-order valence-electron chi connectivity index (χ2n) is 7.27. The normalized spacial score (nSPS) is 19.5. The number of rotatable bonds is 5. The van der Waals surface area contributed by atoms with Gasteiger partial charge < -0.3 is 9.47 Å². The molecule has 1 aromatic heterocycles. The van der Waals surface area contributed by atoms with Gasteiger partial charge >= 0.3 is 0 Å². The number of aromatic nitrogens is 1. The van der Waals surface area contributed by atoms with Crippen LogP contribution in [0, 0.1) is 0 Å². The van der Waals surface area contributed by atoms with Gasteiger partial charge in [-0.3, -0.25) is 4.90 Å². The summed E-state index contributed by atoms with van der Waals surface area (Å²) in [5.41, 5.74) is 4.56. The smallest absolute Gasteiger partial charge is 0.0486 e. The molecule has 0 saturated carbocycles. The van der Waals surface area contributed by atoms with Gasteiger partial charge in [0.15, 0.2) is 0 Å². The molecule has 4 rings (SSSR count). The Morgan fingerprint density at radius 3 is 2.62 bits per heavy atom.